The number of rotatable bonds is 7. The highest BCUT2D eigenvalue weighted by atomic mass is 16.6. The molecule has 0 unspecified atom stereocenters. The maximum Gasteiger partial charge on any atom is 0.306 e. The normalized spacial score (nSPS) is 33.1. The quantitative estimate of drug-likeness (QED) is 0.601. The summed E-state index contributed by atoms with van der Waals surface area (Å²) in [7, 11) is 1.38. The Kier molecular flexibility index (Phi) is 7.59. The van der Waals surface area contributed by atoms with Crippen LogP contribution < -0.4 is 0 Å². The Balaban J connectivity index is 2.64. The molecular weight excluding hydrogens is 380 g/mol. The van der Waals surface area contributed by atoms with Gasteiger partial charge in [0.05, 0.1) is 0 Å². The number of allylic oxidation sites excluding steroid dienone is 1. The largest absolute Gasteiger partial charge is 0.462 e. The lowest BCUT2D eigenvalue weighted by molar-refractivity contribution is -0.210. The van der Waals surface area contributed by atoms with Crippen LogP contribution in [0.25, 0.3) is 0 Å². The topological polar surface area (TPSA) is 119 Å². The van der Waals surface area contributed by atoms with Gasteiger partial charge in [-0.3, -0.25) is 14.4 Å². The molecule has 2 aliphatic carbocycles. The van der Waals surface area contributed by atoms with E-state index in [9.17, 15) is 24.6 Å². The maximum absolute atomic E-state index is 12.4. The van der Waals surface area contributed by atoms with E-state index in [1.54, 1.807) is 13.8 Å². The minimum absolute atomic E-state index is 0.0546. The number of fused-ring (bicyclic) bond motifs is 1. The van der Waals surface area contributed by atoms with Gasteiger partial charge in [0, 0.05) is 51.7 Å². The van der Waals surface area contributed by atoms with Gasteiger partial charge >= 0.3 is 11.9 Å². The summed E-state index contributed by atoms with van der Waals surface area (Å²) in [5, 5.41) is 21.4. The third-order valence-corrected chi connectivity index (χ3v) is 6.22. The SMILES string of the molecule is CCCC(=O)O[C@H]1C[C@H](OC(C)=O)[C@H]2CC(=O)C(C)=C2[C@H](O)[C@@]1(OC)[C@@H](C)CO. The molecule has 2 aliphatic rings. The molecule has 29 heavy (non-hydrogen) atoms. The van der Waals surface area contributed by atoms with Crippen molar-refractivity contribution in [1.29, 1.82) is 0 Å². The Morgan fingerprint density at radius 1 is 1.31 bits per heavy atom. The van der Waals surface area contributed by atoms with Crippen molar-refractivity contribution >= 4 is 17.7 Å². The van der Waals surface area contributed by atoms with E-state index in [0.29, 0.717) is 17.6 Å². The van der Waals surface area contributed by atoms with Crippen LogP contribution in [0.15, 0.2) is 11.1 Å². The maximum atomic E-state index is 12.4. The van der Waals surface area contributed by atoms with E-state index in [2.05, 4.69) is 0 Å². The highest BCUT2D eigenvalue weighted by molar-refractivity contribution is 5.99. The Morgan fingerprint density at radius 2 is 1.97 bits per heavy atom. The summed E-state index contributed by atoms with van der Waals surface area (Å²) in [6.45, 7) is 6.08. The number of hydrogen-bond donors (Lipinski definition) is 2. The van der Waals surface area contributed by atoms with Gasteiger partial charge < -0.3 is 24.4 Å². The standard InChI is InChI=1S/C21H32O8/c1-6-7-18(25)29-17-9-16(28-13(4)23)14-8-15(24)12(3)19(14)20(26)21(17,27-5)11(2)10-22/h11,14,16-17,20,22,26H,6-10H2,1-5H3/t11-,14+,16-,17-,20-,21+/m0/s1. The van der Waals surface area contributed by atoms with E-state index in [4.69, 9.17) is 14.2 Å². The second kappa shape index (κ2) is 9.36. The smallest absolute Gasteiger partial charge is 0.306 e. The molecule has 8 heteroatoms. The number of ether oxygens (including phenoxy) is 3. The van der Waals surface area contributed by atoms with Gasteiger partial charge in [-0.25, -0.2) is 0 Å². The molecule has 2 N–H and O–H groups in total. The molecule has 8 nitrogen and oxygen atoms in total. The van der Waals surface area contributed by atoms with Crippen molar-refractivity contribution in [2.75, 3.05) is 13.7 Å². The monoisotopic (exact) mass is 412 g/mol. The first-order chi connectivity index (χ1) is 13.6. The molecular formula is C21H32O8. The van der Waals surface area contributed by atoms with Gasteiger partial charge in [0.1, 0.15) is 23.9 Å². The van der Waals surface area contributed by atoms with Crippen molar-refractivity contribution in [2.24, 2.45) is 11.8 Å². The van der Waals surface area contributed by atoms with Gasteiger partial charge in [0.2, 0.25) is 0 Å². The highest BCUT2D eigenvalue weighted by Crippen LogP contribution is 2.48. The van der Waals surface area contributed by atoms with Gasteiger partial charge in [-0.2, -0.15) is 0 Å². The fraction of sp³-hybridized carbons (Fsp3) is 0.762. The van der Waals surface area contributed by atoms with Crippen LogP contribution in [0.4, 0.5) is 0 Å². The summed E-state index contributed by atoms with van der Waals surface area (Å²) >= 11 is 0. The van der Waals surface area contributed by atoms with Crippen LogP contribution in [-0.2, 0) is 28.6 Å². The molecule has 0 aliphatic heterocycles. The number of Topliss-reactive ketones (excluding diaryl/α,β-unsaturated/α-hetero) is 1. The summed E-state index contributed by atoms with van der Waals surface area (Å²) in [6, 6.07) is 0. The fourth-order valence-corrected chi connectivity index (χ4v) is 4.70. The van der Waals surface area contributed by atoms with Crippen LogP contribution in [0, 0.1) is 11.8 Å². The first kappa shape index (κ1) is 23.5. The number of carbonyl (C=O) groups excluding carboxylic acids is 3. The highest BCUT2D eigenvalue weighted by Gasteiger charge is 2.59. The predicted molar refractivity (Wildman–Crippen MR) is 103 cm³/mol. The molecule has 6 atom stereocenters. The lowest BCUT2D eigenvalue weighted by Crippen LogP contribution is -2.60. The van der Waals surface area contributed by atoms with Crippen molar-refractivity contribution in [2.45, 2.75) is 77.3 Å². The molecule has 0 aromatic rings. The predicted octanol–water partition coefficient (Wildman–Crippen LogP) is 1.31. The lowest BCUT2D eigenvalue weighted by Gasteiger charge is -2.45. The zero-order valence-electron chi connectivity index (χ0n) is 17.8. The number of ketones is 1. The zero-order chi connectivity index (χ0) is 21.9. The van der Waals surface area contributed by atoms with Crippen molar-refractivity contribution in [3.8, 4) is 0 Å². The van der Waals surface area contributed by atoms with Crippen molar-refractivity contribution in [3.63, 3.8) is 0 Å². The molecule has 0 aromatic carbocycles. The van der Waals surface area contributed by atoms with Crippen LogP contribution in [0.1, 0.15) is 53.4 Å². The number of aliphatic hydroxyl groups excluding tert-OH is 2. The molecule has 0 saturated heterocycles. The van der Waals surface area contributed by atoms with E-state index in [1.807, 2.05) is 6.92 Å². The van der Waals surface area contributed by atoms with Crippen LogP contribution in [0.2, 0.25) is 0 Å². The molecule has 0 bridgehead atoms. The Bertz CT molecular complexity index is 684. The average Bonchev–Trinajstić information content (AvgIpc) is 2.91. The van der Waals surface area contributed by atoms with Gasteiger partial charge in [-0.05, 0) is 24.5 Å². The fourth-order valence-electron chi connectivity index (χ4n) is 4.70. The lowest BCUT2D eigenvalue weighted by atomic mass is 9.76. The molecule has 164 valence electrons. The Labute approximate surface area is 171 Å². The third-order valence-electron chi connectivity index (χ3n) is 6.22. The molecule has 0 aromatic heterocycles. The van der Waals surface area contributed by atoms with E-state index in [-0.39, 0.29) is 31.7 Å². The molecule has 2 rings (SSSR count). The number of carbonyl (C=O) groups is 3. The Morgan fingerprint density at radius 3 is 2.48 bits per heavy atom. The number of methoxy groups -OCH3 is 1. The molecule has 0 heterocycles. The minimum atomic E-state index is -1.49. The Hall–Kier alpha value is -1.77. The van der Waals surface area contributed by atoms with Gasteiger partial charge in [-0.1, -0.05) is 13.8 Å². The van der Waals surface area contributed by atoms with Crippen molar-refractivity contribution < 1.29 is 38.8 Å². The van der Waals surface area contributed by atoms with Crippen LogP contribution in [0.3, 0.4) is 0 Å². The average molecular weight is 412 g/mol. The van der Waals surface area contributed by atoms with E-state index >= 15 is 0 Å². The molecule has 0 amide bonds. The van der Waals surface area contributed by atoms with Crippen molar-refractivity contribution in [1.82, 2.24) is 0 Å². The summed E-state index contributed by atoms with van der Waals surface area (Å²) in [6.07, 6.45) is -2.14. The van der Waals surface area contributed by atoms with E-state index < -0.39 is 47.7 Å². The summed E-state index contributed by atoms with van der Waals surface area (Å²) in [4.78, 5) is 36.5. The van der Waals surface area contributed by atoms with Gasteiger partial charge in [0.25, 0.3) is 0 Å². The first-order valence-electron chi connectivity index (χ1n) is 10.1. The third kappa shape index (κ3) is 4.25. The zero-order valence-corrected chi connectivity index (χ0v) is 17.8. The first-order valence-corrected chi connectivity index (χ1v) is 10.1. The molecule has 1 saturated carbocycles. The van der Waals surface area contributed by atoms with Crippen LogP contribution in [0.5, 0.6) is 0 Å². The summed E-state index contributed by atoms with van der Waals surface area (Å²) < 4.78 is 17.0. The van der Waals surface area contributed by atoms with Crippen LogP contribution >= 0.6 is 0 Å². The molecule has 1 fully saturated rings. The van der Waals surface area contributed by atoms with Gasteiger partial charge in [0.15, 0.2) is 5.78 Å². The second-order valence-electron chi connectivity index (χ2n) is 7.97. The number of aliphatic hydroxyl groups is 2. The summed E-state index contributed by atoms with van der Waals surface area (Å²) in [5.41, 5.74) is -0.670. The molecule has 0 spiro atoms. The second-order valence-corrected chi connectivity index (χ2v) is 7.97. The van der Waals surface area contributed by atoms with Crippen LogP contribution in [-0.4, -0.2) is 65.6 Å². The van der Waals surface area contributed by atoms with E-state index in [0.717, 1.165) is 0 Å². The number of hydrogen-bond acceptors (Lipinski definition) is 8. The minimum Gasteiger partial charge on any atom is -0.462 e. The summed E-state index contributed by atoms with van der Waals surface area (Å²) in [5.74, 6) is -2.29. The van der Waals surface area contributed by atoms with Gasteiger partial charge in [-0.15, -0.1) is 0 Å². The van der Waals surface area contributed by atoms with Crippen molar-refractivity contribution in [3.05, 3.63) is 11.1 Å². The van der Waals surface area contributed by atoms with E-state index in [1.165, 1.54) is 14.0 Å². The number of esters is 2. The molecule has 0 radical (unpaired) electrons.